The van der Waals surface area contributed by atoms with Gasteiger partial charge in [-0.05, 0) is 56.5 Å². The van der Waals surface area contributed by atoms with Crippen LogP contribution in [0, 0.1) is 5.92 Å². The van der Waals surface area contributed by atoms with Gasteiger partial charge in [0.2, 0.25) is 5.91 Å². The van der Waals surface area contributed by atoms with Crippen molar-refractivity contribution in [3.63, 3.8) is 0 Å². The van der Waals surface area contributed by atoms with E-state index in [1.807, 2.05) is 0 Å². The van der Waals surface area contributed by atoms with E-state index in [0.717, 1.165) is 19.6 Å². The maximum atomic E-state index is 11.8. The second kappa shape index (κ2) is 11.0. The van der Waals surface area contributed by atoms with Crippen molar-refractivity contribution in [2.45, 2.75) is 25.7 Å². The molecule has 0 radical (unpaired) electrons. The molecule has 2 rings (SSSR count). The smallest absolute Gasteiger partial charge is 0.220 e. The summed E-state index contributed by atoms with van der Waals surface area (Å²) < 4.78 is 5.56. The van der Waals surface area contributed by atoms with Gasteiger partial charge in [0.05, 0.1) is 11.6 Å². The summed E-state index contributed by atoms with van der Waals surface area (Å²) in [6.45, 7) is 3.31. The second-order valence-corrected chi connectivity index (χ2v) is 6.39. The molecule has 0 aromatic heterocycles. The summed E-state index contributed by atoms with van der Waals surface area (Å²) in [5.74, 6) is 1.23. The van der Waals surface area contributed by atoms with Gasteiger partial charge >= 0.3 is 0 Å². The minimum atomic E-state index is 0. The molecule has 23 heavy (non-hydrogen) atoms. The molecule has 1 aliphatic rings. The Labute approximate surface area is 153 Å². The van der Waals surface area contributed by atoms with Crippen LogP contribution in [0.1, 0.15) is 25.7 Å². The fourth-order valence-electron chi connectivity index (χ4n) is 2.45. The van der Waals surface area contributed by atoms with Crippen molar-refractivity contribution in [2.75, 3.05) is 26.2 Å². The summed E-state index contributed by atoms with van der Waals surface area (Å²) in [6, 6.07) is 5.11. The van der Waals surface area contributed by atoms with E-state index in [1.165, 1.54) is 12.8 Å². The molecule has 1 unspecified atom stereocenters. The zero-order valence-electron chi connectivity index (χ0n) is 12.9. The summed E-state index contributed by atoms with van der Waals surface area (Å²) in [6.07, 6.45) is 3.50. The molecular formula is C16H23Cl3N2O2. The molecule has 1 atom stereocenters. The van der Waals surface area contributed by atoms with Gasteiger partial charge < -0.3 is 15.4 Å². The van der Waals surface area contributed by atoms with Crippen molar-refractivity contribution < 1.29 is 9.53 Å². The van der Waals surface area contributed by atoms with Gasteiger partial charge in [-0.3, -0.25) is 4.79 Å². The third-order valence-electron chi connectivity index (χ3n) is 3.69. The molecule has 1 fully saturated rings. The summed E-state index contributed by atoms with van der Waals surface area (Å²) >= 11 is 11.8. The summed E-state index contributed by atoms with van der Waals surface area (Å²) in [4.78, 5) is 11.8. The van der Waals surface area contributed by atoms with E-state index in [0.29, 0.717) is 41.2 Å². The summed E-state index contributed by atoms with van der Waals surface area (Å²) in [7, 11) is 0. The molecule has 1 heterocycles. The van der Waals surface area contributed by atoms with E-state index in [1.54, 1.807) is 18.2 Å². The maximum Gasteiger partial charge on any atom is 0.220 e. The van der Waals surface area contributed by atoms with Crippen LogP contribution in [0.2, 0.25) is 10.0 Å². The Kier molecular flexibility index (Phi) is 9.72. The molecule has 1 amide bonds. The number of benzene rings is 1. The first-order valence-electron chi connectivity index (χ1n) is 7.70. The molecule has 4 nitrogen and oxygen atoms in total. The quantitative estimate of drug-likeness (QED) is 0.708. The van der Waals surface area contributed by atoms with Crippen LogP contribution in [-0.4, -0.2) is 32.1 Å². The number of ether oxygens (including phenoxy) is 1. The third kappa shape index (κ3) is 7.62. The highest BCUT2D eigenvalue weighted by Gasteiger charge is 2.13. The molecule has 1 aromatic carbocycles. The highest BCUT2D eigenvalue weighted by molar-refractivity contribution is 6.35. The lowest BCUT2D eigenvalue weighted by molar-refractivity contribution is -0.121. The first-order chi connectivity index (χ1) is 10.6. The average molecular weight is 382 g/mol. The van der Waals surface area contributed by atoms with Crippen LogP contribution in [0.4, 0.5) is 0 Å². The molecule has 0 saturated carbocycles. The van der Waals surface area contributed by atoms with Crippen LogP contribution < -0.4 is 15.4 Å². The Morgan fingerprint density at radius 3 is 2.91 bits per heavy atom. The lowest BCUT2D eigenvalue weighted by Crippen LogP contribution is -2.38. The molecule has 0 bridgehead atoms. The normalized spacial score (nSPS) is 17.2. The molecular weight excluding hydrogens is 359 g/mol. The molecule has 1 aliphatic heterocycles. The van der Waals surface area contributed by atoms with Gasteiger partial charge in [0.15, 0.2) is 0 Å². The fourth-order valence-corrected chi connectivity index (χ4v) is 2.91. The summed E-state index contributed by atoms with van der Waals surface area (Å²) in [5.41, 5.74) is 0. The maximum absolute atomic E-state index is 11.8. The largest absolute Gasteiger partial charge is 0.492 e. The average Bonchev–Trinajstić information content (AvgIpc) is 2.52. The predicted molar refractivity (Wildman–Crippen MR) is 97.0 cm³/mol. The van der Waals surface area contributed by atoms with Crippen LogP contribution in [-0.2, 0) is 4.79 Å². The minimum absolute atomic E-state index is 0. The van der Waals surface area contributed by atoms with Crippen molar-refractivity contribution in [2.24, 2.45) is 5.92 Å². The molecule has 0 aliphatic carbocycles. The SMILES string of the molecule is Cl.O=C(CCCOc1ccc(Cl)cc1Cl)NCC1CCCNC1. The minimum Gasteiger partial charge on any atom is -0.492 e. The van der Waals surface area contributed by atoms with Crippen molar-refractivity contribution in [1.82, 2.24) is 10.6 Å². The number of amides is 1. The third-order valence-corrected chi connectivity index (χ3v) is 4.22. The van der Waals surface area contributed by atoms with Gasteiger partial charge in [0.1, 0.15) is 5.75 Å². The van der Waals surface area contributed by atoms with Crippen molar-refractivity contribution >= 4 is 41.5 Å². The predicted octanol–water partition coefficient (Wildman–Crippen LogP) is 3.69. The number of rotatable bonds is 7. The van der Waals surface area contributed by atoms with E-state index in [4.69, 9.17) is 27.9 Å². The van der Waals surface area contributed by atoms with Gasteiger partial charge in [0.25, 0.3) is 0 Å². The molecule has 1 aromatic rings. The van der Waals surface area contributed by atoms with Crippen LogP contribution in [0.5, 0.6) is 5.75 Å². The summed E-state index contributed by atoms with van der Waals surface area (Å²) in [5, 5.41) is 7.40. The highest BCUT2D eigenvalue weighted by Crippen LogP contribution is 2.27. The molecule has 0 spiro atoms. The Morgan fingerprint density at radius 2 is 2.22 bits per heavy atom. The van der Waals surface area contributed by atoms with Gasteiger partial charge in [-0.1, -0.05) is 23.2 Å². The van der Waals surface area contributed by atoms with Crippen LogP contribution in [0.3, 0.4) is 0 Å². The van der Waals surface area contributed by atoms with E-state index >= 15 is 0 Å². The Morgan fingerprint density at radius 1 is 1.39 bits per heavy atom. The first-order valence-corrected chi connectivity index (χ1v) is 8.46. The molecule has 2 N–H and O–H groups in total. The van der Waals surface area contributed by atoms with Gasteiger partial charge in [0, 0.05) is 18.0 Å². The van der Waals surface area contributed by atoms with Crippen LogP contribution in [0.15, 0.2) is 18.2 Å². The van der Waals surface area contributed by atoms with Crippen molar-refractivity contribution in [1.29, 1.82) is 0 Å². The van der Waals surface area contributed by atoms with Crippen LogP contribution in [0.25, 0.3) is 0 Å². The van der Waals surface area contributed by atoms with E-state index < -0.39 is 0 Å². The van der Waals surface area contributed by atoms with Crippen molar-refractivity contribution in [3.05, 3.63) is 28.2 Å². The number of carbonyl (C=O) groups is 1. The lowest BCUT2D eigenvalue weighted by atomic mass is 10.00. The molecule has 1 saturated heterocycles. The Hall–Kier alpha value is -0.680. The molecule has 130 valence electrons. The number of nitrogens with one attached hydrogen (secondary N) is 2. The van der Waals surface area contributed by atoms with E-state index in [-0.39, 0.29) is 18.3 Å². The first kappa shape index (κ1) is 20.4. The number of hydrogen-bond acceptors (Lipinski definition) is 3. The number of piperidine rings is 1. The highest BCUT2D eigenvalue weighted by atomic mass is 35.5. The Balaban J connectivity index is 0.00000264. The topological polar surface area (TPSA) is 50.4 Å². The van der Waals surface area contributed by atoms with Gasteiger partial charge in [-0.25, -0.2) is 0 Å². The number of hydrogen-bond donors (Lipinski definition) is 2. The lowest BCUT2D eigenvalue weighted by Gasteiger charge is -2.22. The van der Waals surface area contributed by atoms with Crippen LogP contribution >= 0.6 is 35.6 Å². The second-order valence-electron chi connectivity index (χ2n) is 5.54. The van der Waals surface area contributed by atoms with Gasteiger partial charge in [-0.15, -0.1) is 12.4 Å². The van der Waals surface area contributed by atoms with E-state index in [2.05, 4.69) is 10.6 Å². The van der Waals surface area contributed by atoms with Crippen molar-refractivity contribution in [3.8, 4) is 5.75 Å². The molecule has 7 heteroatoms. The fraction of sp³-hybridized carbons (Fsp3) is 0.562. The standard InChI is InChI=1S/C16H22Cl2N2O2.ClH/c17-13-5-6-15(14(18)9-13)22-8-2-4-16(21)20-11-12-3-1-7-19-10-12;/h5-6,9,12,19H,1-4,7-8,10-11H2,(H,20,21);1H. The van der Waals surface area contributed by atoms with Gasteiger partial charge in [-0.2, -0.15) is 0 Å². The zero-order valence-corrected chi connectivity index (χ0v) is 15.3. The number of halogens is 3. The van der Waals surface area contributed by atoms with E-state index in [9.17, 15) is 4.79 Å². The number of carbonyl (C=O) groups excluding carboxylic acids is 1. The monoisotopic (exact) mass is 380 g/mol. The zero-order chi connectivity index (χ0) is 15.8. The Bertz CT molecular complexity index is 494.